The first-order chi connectivity index (χ1) is 19.4. The van der Waals surface area contributed by atoms with E-state index in [9.17, 15) is 15.0 Å². The van der Waals surface area contributed by atoms with Crippen molar-refractivity contribution in [3.63, 3.8) is 0 Å². The Balaban J connectivity index is 1.28. The maximum atomic E-state index is 12.7. The zero-order chi connectivity index (χ0) is 27.6. The number of benzene rings is 2. The molecule has 0 bridgehead atoms. The number of anilines is 1. The highest BCUT2D eigenvalue weighted by Gasteiger charge is 2.75. The fourth-order valence-electron chi connectivity index (χ4n) is 6.37. The molecular formula is C30H27ClN6O3. The van der Waals surface area contributed by atoms with Gasteiger partial charge in [-0.05, 0) is 42.5 Å². The predicted molar refractivity (Wildman–Crippen MR) is 150 cm³/mol. The average molecular weight is 555 g/mol. The van der Waals surface area contributed by atoms with E-state index in [1.807, 2.05) is 30.3 Å². The first-order valence-corrected chi connectivity index (χ1v) is 13.7. The lowest BCUT2D eigenvalue weighted by Gasteiger charge is -2.23. The molecule has 2 aromatic carbocycles. The van der Waals surface area contributed by atoms with Crippen molar-refractivity contribution in [2.45, 2.75) is 43.1 Å². The van der Waals surface area contributed by atoms with Crippen LogP contribution in [0.4, 0.5) is 5.82 Å². The van der Waals surface area contributed by atoms with Gasteiger partial charge in [-0.2, -0.15) is 0 Å². The third kappa shape index (κ3) is 3.94. The minimum Gasteiger partial charge on any atom is -0.389 e. The van der Waals surface area contributed by atoms with Crippen LogP contribution in [0.15, 0.2) is 60.9 Å². The van der Waals surface area contributed by atoms with Crippen LogP contribution >= 0.6 is 11.6 Å². The SMILES string of the molecule is CNC(=O)C12CC1[C@@H](n1cnc3c(NC4C[C@H]4c4ccccc4)nc(C#Cc4cccc(Cl)c4)nc31)[C@H](O)[C@@H]2O. The Morgan fingerprint density at radius 1 is 1.12 bits per heavy atom. The second-order valence-electron chi connectivity index (χ2n) is 10.8. The number of carbonyl (C=O) groups excluding carboxylic acids is 1. The summed E-state index contributed by atoms with van der Waals surface area (Å²) in [6.07, 6.45) is 0.725. The third-order valence-corrected chi connectivity index (χ3v) is 8.78. The summed E-state index contributed by atoms with van der Waals surface area (Å²) in [6, 6.07) is 17.2. The van der Waals surface area contributed by atoms with Crippen LogP contribution in [0.2, 0.25) is 5.02 Å². The Morgan fingerprint density at radius 3 is 2.73 bits per heavy atom. The monoisotopic (exact) mass is 554 g/mol. The number of aliphatic hydroxyl groups is 2. The Morgan fingerprint density at radius 2 is 1.95 bits per heavy atom. The molecule has 4 N–H and O–H groups in total. The molecule has 2 heterocycles. The number of amides is 1. The summed E-state index contributed by atoms with van der Waals surface area (Å²) in [4.78, 5) is 26.8. The molecule has 0 aliphatic heterocycles. The van der Waals surface area contributed by atoms with E-state index in [1.54, 1.807) is 30.1 Å². The van der Waals surface area contributed by atoms with E-state index in [0.29, 0.717) is 34.3 Å². The number of hydrogen-bond acceptors (Lipinski definition) is 7. The molecule has 3 aliphatic carbocycles. The van der Waals surface area contributed by atoms with Crippen molar-refractivity contribution in [2.24, 2.45) is 11.3 Å². The molecule has 4 aromatic rings. The van der Waals surface area contributed by atoms with E-state index < -0.39 is 23.7 Å². The molecule has 1 amide bonds. The molecule has 3 unspecified atom stereocenters. The number of rotatable bonds is 5. The molecule has 9 nitrogen and oxygen atoms in total. The molecule has 2 aromatic heterocycles. The molecule has 40 heavy (non-hydrogen) atoms. The number of carbonyl (C=O) groups is 1. The summed E-state index contributed by atoms with van der Waals surface area (Å²) in [7, 11) is 1.54. The molecule has 7 atom stereocenters. The Kier molecular flexibility index (Phi) is 5.82. The summed E-state index contributed by atoms with van der Waals surface area (Å²) < 4.78 is 1.77. The largest absolute Gasteiger partial charge is 0.389 e. The van der Waals surface area contributed by atoms with E-state index >= 15 is 0 Å². The summed E-state index contributed by atoms with van der Waals surface area (Å²) in [5.74, 6) is 6.84. The topological polar surface area (TPSA) is 125 Å². The molecule has 0 saturated heterocycles. The first kappa shape index (κ1) is 25.0. The number of hydrogen-bond donors (Lipinski definition) is 4. The average Bonchev–Trinajstić information content (AvgIpc) is 3.85. The Labute approximate surface area is 235 Å². The smallest absolute Gasteiger partial charge is 0.229 e. The van der Waals surface area contributed by atoms with E-state index in [-0.39, 0.29) is 23.7 Å². The molecule has 0 radical (unpaired) electrons. The molecule has 3 aliphatic rings. The highest BCUT2D eigenvalue weighted by Crippen LogP contribution is 2.67. The van der Waals surface area contributed by atoms with Crippen molar-refractivity contribution >= 4 is 34.5 Å². The second-order valence-corrected chi connectivity index (χ2v) is 11.3. The maximum absolute atomic E-state index is 12.7. The van der Waals surface area contributed by atoms with Gasteiger partial charge in [-0.3, -0.25) is 4.79 Å². The maximum Gasteiger partial charge on any atom is 0.229 e. The normalized spacial score (nSPS) is 29.8. The van der Waals surface area contributed by atoms with E-state index in [2.05, 4.69) is 39.6 Å². The number of imidazole rings is 1. The van der Waals surface area contributed by atoms with Crippen LogP contribution in [0.3, 0.4) is 0 Å². The fraction of sp³-hybridized carbons (Fsp3) is 0.333. The van der Waals surface area contributed by atoms with Gasteiger partial charge in [0.2, 0.25) is 11.7 Å². The van der Waals surface area contributed by atoms with Crippen LogP contribution in [0, 0.1) is 23.2 Å². The summed E-state index contributed by atoms with van der Waals surface area (Å²) in [5, 5.41) is 28.7. The molecular weight excluding hydrogens is 528 g/mol. The summed E-state index contributed by atoms with van der Waals surface area (Å²) in [5.41, 5.74) is 2.02. The lowest BCUT2D eigenvalue weighted by atomic mass is 9.98. The lowest BCUT2D eigenvalue weighted by Crippen LogP contribution is -2.41. The van der Waals surface area contributed by atoms with Gasteiger partial charge in [-0.1, -0.05) is 53.9 Å². The number of fused-ring (bicyclic) bond motifs is 2. The van der Waals surface area contributed by atoms with E-state index in [0.717, 1.165) is 12.0 Å². The highest BCUT2D eigenvalue weighted by atomic mass is 35.5. The van der Waals surface area contributed by atoms with Gasteiger partial charge < -0.3 is 25.4 Å². The zero-order valence-corrected chi connectivity index (χ0v) is 22.4. The minimum atomic E-state index is -1.18. The first-order valence-electron chi connectivity index (χ1n) is 13.3. The predicted octanol–water partition coefficient (Wildman–Crippen LogP) is 2.88. The summed E-state index contributed by atoms with van der Waals surface area (Å²) in [6.45, 7) is 0. The van der Waals surface area contributed by atoms with Crippen LogP contribution in [0.1, 0.15) is 41.8 Å². The Hall–Kier alpha value is -3.97. The van der Waals surface area contributed by atoms with Crippen molar-refractivity contribution in [3.8, 4) is 11.8 Å². The van der Waals surface area contributed by atoms with Crippen LogP contribution < -0.4 is 10.6 Å². The van der Waals surface area contributed by atoms with Gasteiger partial charge in [0.1, 0.15) is 6.10 Å². The molecule has 3 saturated carbocycles. The Bertz CT molecular complexity index is 1700. The number of halogens is 1. The van der Waals surface area contributed by atoms with Crippen molar-refractivity contribution in [1.82, 2.24) is 24.8 Å². The van der Waals surface area contributed by atoms with E-state index in [1.165, 1.54) is 5.56 Å². The third-order valence-electron chi connectivity index (χ3n) is 8.55. The van der Waals surface area contributed by atoms with Crippen LogP contribution in [-0.4, -0.2) is 60.9 Å². The zero-order valence-electron chi connectivity index (χ0n) is 21.6. The number of nitrogens with zero attached hydrogens (tertiary/aromatic N) is 4. The number of aliphatic hydroxyl groups excluding tert-OH is 2. The van der Waals surface area contributed by atoms with Crippen LogP contribution in [0.5, 0.6) is 0 Å². The van der Waals surface area contributed by atoms with Gasteiger partial charge in [0.25, 0.3) is 0 Å². The van der Waals surface area contributed by atoms with Crippen LogP contribution in [0.25, 0.3) is 11.2 Å². The van der Waals surface area contributed by atoms with Gasteiger partial charge in [-0.25, -0.2) is 15.0 Å². The van der Waals surface area contributed by atoms with E-state index in [4.69, 9.17) is 21.6 Å². The number of aromatic nitrogens is 4. The molecule has 0 spiro atoms. The quantitative estimate of drug-likeness (QED) is 0.280. The van der Waals surface area contributed by atoms with Gasteiger partial charge in [0.05, 0.1) is 23.9 Å². The van der Waals surface area contributed by atoms with Gasteiger partial charge in [0.15, 0.2) is 17.0 Å². The lowest BCUT2D eigenvalue weighted by molar-refractivity contribution is -0.132. The molecule has 10 heteroatoms. The molecule has 7 rings (SSSR count). The highest BCUT2D eigenvalue weighted by molar-refractivity contribution is 6.30. The molecule has 202 valence electrons. The fourth-order valence-corrected chi connectivity index (χ4v) is 6.56. The van der Waals surface area contributed by atoms with Gasteiger partial charge in [-0.15, -0.1) is 0 Å². The van der Waals surface area contributed by atoms with Crippen LogP contribution in [-0.2, 0) is 4.79 Å². The van der Waals surface area contributed by atoms with Gasteiger partial charge in [0, 0.05) is 35.5 Å². The summed E-state index contributed by atoms with van der Waals surface area (Å²) >= 11 is 6.13. The van der Waals surface area contributed by atoms with Crippen molar-refractivity contribution in [2.75, 3.05) is 12.4 Å². The van der Waals surface area contributed by atoms with Crippen molar-refractivity contribution < 1.29 is 15.0 Å². The standard InChI is InChI=1S/C30H27ClN6O3/c1-32-29(40)30-14-20(30)24(25(38)26(30)39)37-15-33-23-27(34-21-13-19(21)17-7-3-2-4-8-17)35-22(36-28(23)37)11-10-16-6-5-9-18(31)12-16/h2-9,12,15,19-21,24-26,38-39H,13-14H2,1H3,(H,32,40)(H,34,35,36)/t19-,20?,21?,24+,25-,26-,30?/m0/s1. The molecule has 3 fully saturated rings. The van der Waals surface area contributed by atoms with Crippen molar-refractivity contribution in [1.29, 1.82) is 0 Å². The van der Waals surface area contributed by atoms with Crippen molar-refractivity contribution in [3.05, 3.63) is 82.9 Å². The minimum absolute atomic E-state index is 0.183. The van der Waals surface area contributed by atoms with Gasteiger partial charge >= 0.3 is 0 Å². The number of nitrogens with one attached hydrogen (secondary N) is 2. The second kappa shape index (κ2) is 9.30.